The molecule has 2 fully saturated rings. The van der Waals surface area contributed by atoms with Gasteiger partial charge in [-0.25, -0.2) is 22.5 Å². The molecule has 0 aromatic carbocycles. The van der Waals surface area contributed by atoms with Gasteiger partial charge in [0.25, 0.3) is 0 Å². The molecule has 0 unspecified atom stereocenters. The molecule has 2 aliphatic carbocycles. The van der Waals surface area contributed by atoms with Crippen LogP contribution in [0.5, 0.6) is 0 Å². The predicted octanol–water partition coefficient (Wildman–Crippen LogP) is 0.961. The van der Waals surface area contributed by atoms with Crippen LogP contribution in [-0.4, -0.2) is 16.1 Å². The van der Waals surface area contributed by atoms with E-state index < -0.39 is 16.1 Å². The second kappa shape index (κ2) is 11.8. The number of rotatable bonds is 4. The maximum Gasteiger partial charge on any atom is 4.00 e. The van der Waals surface area contributed by atoms with Gasteiger partial charge in [-0.2, -0.15) is 11.1 Å². The summed E-state index contributed by atoms with van der Waals surface area (Å²) in [6, 6.07) is 6.07. The molecule has 0 radical (unpaired) electrons. The first-order valence-electron chi connectivity index (χ1n) is 10.1. The summed E-state index contributed by atoms with van der Waals surface area (Å²) in [5.74, 6) is 0. The van der Waals surface area contributed by atoms with Gasteiger partial charge < -0.3 is 24.8 Å². The van der Waals surface area contributed by atoms with Crippen molar-refractivity contribution in [3.63, 3.8) is 0 Å². The molecule has 5 heteroatoms. The van der Waals surface area contributed by atoms with Crippen molar-refractivity contribution < 1.29 is 46.5 Å². The zero-order valence-electron chi connectivity index (χ0n) is 17.5. The molecule has 4 aliphatic rings. The van der Waals surface area contributed by atoms with Gasteiger partial charge in [0.05, 0.1) is 0 Å². The van der Waals surface area contributed by atoms with Crippen LogP contribution in [0.1, 0.15) is 52.4 Å². The summed E-state index contributed by atoms with van der Waals surface area (Å²) >= 11 is 0. The molecular weight excluding hydrogens is 439 g/mol. The average Bonchev–Trinajstić information content (AvgIpc) is 3.20. The van der Waals surface area contributed by atoms with E-state index in [4.69, 9.17) is 0 Å². The van der Waals surface area contributed by atoms with Crippen molar-refractivity contribution in [2.45, 2.75) is 89.6 Å². The zero-order chi connectivity index (χ0) is 17.2. The largest absolute Gasteiger partial charge is 4.00 e. The number of hydrogen-bond donors (Lipinski definition) is 0. The molecule has 4 rings (SSSR count). The quantitative estimate of drug-likeness (QED) is 0.422. The van der Waals surface area contributed by atoms with E-state index >= 15 is 0 Å². The molecule has 2 heterocycles. The van der Waals surface area contributed by atoms with Crippen LogP contribution in [0, 0.1) is 12.2 Å². The van der Waals surface area contributed by atoms with Crippen LogP contribution in [0.2, 0.25) is 37.3 Å². The van der Waals surface area contributed by atoms with Crippen LogP contribution in [-0.2, 0) is 21.7 Å². The maximum atomic E-state index is 3.62. The van der Waals surface area contributed by atoms with Gasteiger partial charge in [-0.05, 0) is 0 Å². The Morgan fingerprint density at radius 2 is 1.07 bits per heavy atom. The SMILES string of the molecule is CCC1=[C-]C([Si]2(C)CCC2)=CC1.CCC1=[C-]C([Si]2(C)CCC2)=CC1.[Cl-].[Cl-].[Ti+4]. The third-order valence-electron chi connectivity index (χ3n) is 6.80. The van der Waals surface area contributed by atoms with Crippen molar-refractivity contribution in [1.82, 2.24) is 0 Å². The minimum absolute atomic E-state index is 0. The van der Waals surface area contributed by atoms with E-state index in [9.17, 15) is 0 Å². The number of halogens is 2. The monoisotopic (exact) mass is 472 g/mol. The first-order chi connectivity index (χ1) is 11.5. The molecular formula is C22H34Cl2Si2Ti. The fourth-order valence-corrected chi connectivity index (χ4v) is 10.3. The Hall–Kier alpha value is 0.688. The predicted molar refractivity (Wildman–Crippen MR) is 111 cm³/mol. The second-order valence-electron chi connectivity index (χ2n) is 8.64. The Morgan fingerprint density at radius 1 is 0.741 bits per heavy atom. The Bertz CT molecular complexity index is 558. The van der Waals surface area contributed by atoms with E-state index in [1.807, 2.05) is 0 Å². The summed E-state index contributed by atoms with van der Waals surface area (Å²) in [4.78, 5) is 0. The third-order valence-corrected chi connectivity index (χ3v) is 15.9. The zero-order valence-corrected chi connectivity index (χ0v) is 22.6. The van der Waals surface area contributed by atoms with Crippen molar-refractivity contribution in [1.29, 1.82) is 0 Å². The summed E-state index contributed by atoms with van der Waals surface area (Å²) in [5, 5.41) is 3.29. The Kier molecular flexibility index (Phi) is 12.1. The van der Waals surface area contributed by atoms with Crippen LogP contribution in [0.25, 0.3) is 0 Å². The molecule has 27 heavy (non-hydrogen) atoms. The first-order valence-corrected chi connectivity index (χ1v) is 16.0. The molecule has 0 N–H and O–H groups in total. The van der Waals surface area contributed by atoms with Crippen LogP contribution >= 0.6 is 0 Å². The molecule has 0 aromatic heterocycles. The molecule has 0 bridgehead atoms. The van der Waals surface area contributed by atoms with Crippen molar-refractivity contribution >= 4 is 16.1 Å². The van der Waals surface area contributed by atoms with E-state index in [0.29, 0.717) is 0 Å². The third kappa shape index (κ3) is 6.33. The number of hydrogen-bond acceptors (Lipinski definition) is 0. The fraction of sp³-hybridized carbons (Fsp3) is 0.636. The van der Waals surface area contributed by atoms with Gasteiger partial charge in [0.15, 0.2) is 0 Å². The van der Waals surface area contributed by atoms with Crippen molar-refractivity contribution in [2.24, 2.45) is 0 Å². The summed E-state index contributed by atoms with van der Waals surface area (Å²) < 4.78 is 0. The molecule has 2 aliphatic heterocycles. The van der Waals surface area contributed by atoms with Gasteiger partial charge in [0.1, 0.15) is 0 Å². The summed E-state index contributed by atoms with van der Waals surface area (Å²) in [5.41, 5.74) is 3.07. The van der Waals surface area contributed by atoms with Crippen molar-refractivity contribution in [3.8, 4) is 0 Å². The minimum Gasteiger partial charge on any atom is -1.00 e. The Labute approximate surface area is 197 Å². The minimum atomic E-state index is -0.893. The normalized spacial score (nSPS) is 23.3. The molecule has 0 spiro atoms. The van der Waals surface area contributed by atoms with Crippen LogP contribution in [0.4, 0.5) is 0 Å². The second-order valence-corrected chi connectivity index (χ2v) is 18.0. The topological polar surface area (TPSA) is 0 Å². The summed E-state index contributed by atoms with van der Waals surface area (Å²) in [7, 11) is -1.79. The van der Waals surface area contributed by atoms with E-state index in [1.54, 1.807) is 10.4 Å². The molecule has 0 nitrogen and oxygen atoms in total. The van der Waals surface area contributed by atoms with Crippen LogP contribution < -0.4 is 24.8 Å². The molecule has 2 saturated heterocycles. The first kappa shape index (κ1) is 27.7. The molecule has 0 amide bonds. The van der Waals surface area contributed by atoms with Gasteiger partial charge in [0, 0.05) is 16.1 Å². The van der Waals surface area contributed by atoms with E-state index in [1.165, 1.54) is 73.8 Å². The van der Waals surface area contributed by atoms with Gasteiger partial charge in [-0.15, -0.1) is 0 Å². The molecule has 0 atom stereocenters. The average molecular weight is 473 g/mol. The van der Waals surface area contributed by atoms with Crippen molar-refractivity contribution in [3.05, 3.63) is 45.8 Å². The van der Waals surface area contributed by atoms with E-state index in [0.717, 1.165) is 0 Å². The smallest absolute Gasteiger partial charge is 1.00 e. The summed E-state index contributed by atoms with van der Waals surface area (Å²) in [6.07, 6.45) is 19.9. The molecule has 148 valence electrons. The van der Waals surface area contributed by atoms with E-state index in [-0.39, 0.29) is 46.5 Å². The fourth-order valence-electron chi connectivity index (χ4n) is 4.25. The molecule has 0 saturated carbocycles. The summed E-state index contributed by atoms with van der Waals surface area (Å²) in [6.45, 7) is 9.52. The maximum absolute atomic E-state index is 3.62. The number of allylic oxidation sites excluding steroid dienone is 8. The van der Waals surface area contributed by atoms with Gasteiger partial charge in [-0.3, -0.25) is 12.2 Å². The van der Waals surface area contributed by atoms with E-state index in [2.05, 4.69) is 51.2 Å². The van der Waals surface area contributed by atoms with Crippen LogP contribution in [0.3, 0.4) is 0 Å². The van der Waals surface area contributed by atoms with Crippen LogP contribution in [0.15, 0.2) is 33.7 Å². The van der Waals surface area contributed by atoms with Gasteiger partial charge in [0.2, 0.25) is 0 Å². The van der Waals surface area contributed by atoms with Crippen molar-refractivity contribution in [2.75, 3.05) is 0 Å². The van der Waals surface area contributed by atoms with Gasteiger partial charge in [-0.1, -0.05) is 89.6 Å². The standard InChI is InChI=1S/2C11H17Si.2ClH.Ti/c2*1-3-10-5-6-11(9-10)12(2)7-4-8-12;;;/h2*6H,3-5,7-8H2,1-2H3;2*1H;/q2*-1;;;+4/p-2. The Balaban J connectivity index is 0.000000451. The molecule has 0 aromatic rings. The Morgan fingerprint density at radius 3 is 1.26 bits per heavy atom. The van der Waals surface area contributed by atoms with Gasteiger partial charge >= 0.3 is 21.7 Å².